The van der Waals surface area contributed by atoms with Crippen LogP contribution in [0.5, 0.6) is 11.5 Å². The molecule has 2 saturated heterocycles. The highest BCUT2D eigenvalue weighted by Crippen LogP contribution is 2.29. The molecule has 0 saturated carbocycles. The summed E-state index contributed by atoms with van der Waals surface area (Å²) in [6.45, 7) is 4.11. The molecule has 0 spiro atoms. The van der Waals surface area contributed by atoms with E-state index in [1.807, 2.05) is 18.2 Å². The molecule has 192 valence electrons. The molecule has 0 aliphatic carbocycles. The fourth-order valence-corrected chi connectivity index (χ4v) is 4.59. The number of nitrogens with one attached hydrogen (secondary N) is 2. The van der Waals surface area contributed by atoms with Gasteiger partial charge in [0, 0.05) is 51.0 Å². The van der Waals surface area contributed by atoms with Gasteiger partial charge in [0.25, 0.3) is 0 Å². The number of hydrogen-bond acceptors (Lipinski definition) is 7. The molecule has 0 radical (unpaired) electrons. The fourth-order valence-electron chi connectivity index (χ4n) is 4.59. The van der Waals surface area contributed by atoms with Gasteiger partial charge < -0.3 is 29.9 Å². The van der Waals surface area contributed by atoms with Crippen molar-refractivity contribution in [3.8, 4) is 11.5 Å². The molecule has 2 heterocycles. The van der Waals surface area contributed by atoms with E-state index in [2.05, 4.69) is 32.6 Å². The number of methoxy groups -OCH3 is 2. The van der Waals surface area contributed by atoms with E-state index in [-0.39, 0.29) is 24.8 Å². The van der Waals surface area contributed by atoms with E-state index < -0.39 is 11.9 Å². The summed E-state index contributed by atoms with van der Waals surface area (Å²) in [6.07, 6.45) is -0.153. The Morgan fingerprint density at radius 2 is 1.75 bits per heavy atom. The molecule has 2 aromatic carbocycles. The van der Waals surface area contributed by atoms with Crippen LogP contribution in [0, 0.1) is 0 Å². The zero-order chi connectivity index (χ0) is 25.5. The van der Waals surface area contributed by atoms with Crippen LogP contribution in [0.3, 0.4) is 0 Å². The number of carbonyl (C=O) groups excluding carboxylic acids is 3. The summed E-state index contributed by atoms with van der Waals surface area (Å²) in [7, 11) is 3.04. The SMILES string of the molecule is COc1ccc(OC)c(NC(=O)CC2C(=O)NCCN2C(=O)CN2CCN(c3ccccc3)CC2)c1. The summed E-state index contributed by atoms with van der Waals surface area (Å²) < 4.78 is 10.5. The molecule has 10 heteroatoms. The summed E-state index contributed by atoms with van der Waals surface area (Å²) in [6, 6.07) is 14.4. The predicted molar refractivity (Wildman–Crippen MR) is 136 cm³/mol. The molecule has 0 aromatic heterocycles. The van der Waals surface area contributed by atoms with Gasteiger partial charge in [-0.05, 0) is 24.3 Å². The van der Waals surface area contributed by atoms with Gasteiger partial charge in [-0.15, -0.1) is 0 Å². The van der Waals surface area contributed by atoms with Gasteiger partial charge in [-0.3, -0.25) is 19.3 Å². The maximum absolute atomic E-state index is 13.2. The molecule has 2 N–H and O–H groups in total. The van der Waals surface area contributed by atoms with Crippen LogP contribution in [0.1, 0.15) is 6.42 Å². The average Bonchev–Trinajstić information content (AvgIpc) is 2.90. The molecule has 1 unspecified atom stereocenters. The van der Waals surface area contributed by atoms with Crippen molar-refractivity contribution in [2.24, 2.45) is 0 Å². The van der Waals surface area contributed by atoms with E-state index in [1.165, 1.54) is 24.8 Å². The maximum atomic E-state index is 13.2. The van der Waals surface area contributed by atoms with Crippen molar-refractivity contribution in [3.63, 3.8) is 0 Å². The van der Waals surface area contributed by atoms with Gasteiger partial charge >= 0.3 is 0 Å². The minimum absolute atomic E-state index is 0.144. The van der Waals surface area contributed by atoms with Crippen LogP contribution < -0.4 is 25.0 Å². The maximum Gasteiger partial charge on any atom is 0.243 e. The van der Waals surface area contributed by atoms with Crippen LogP contribution in [0.15, 0.2) is 48.5 Å². The Morgan fingerprint density at radius 3 is 2.44 bits per heavy atom. The standard InChI is InChI=1S/C26H33N5O5/c1-35-20-8-9-23(36-2)21(16-20)28-24(32)17-22-26(34)27-10-11-31(22)25(33)18-29-12-14-30(15-13-29)19-6-4-3-5-7-19/h3-9,16,22H,10-15,17-18H2,1-2H3,(H,27,34)(H,28,32). The minimum atomic E-state index is -0.867. The largest absolute Gasteiger partial charge is 0.497 e. The van der Waals surface area contributed by atoms with Gasteiger partial charge in [-0.25, -0.2) is 0 Å². The highest BCUT2D eigenvalue weighted by Gasteiger charge is 2.35. The highest BCUT2D eigenvalue weighted by molar-refractivity contribution is 5.98. The molecule has 1 atom stereocenters. The zero-order valence-electron chi connectivity index (χ0n) is 20.7. The summed E-state index contributed by atoms with van der Waals surface area (Å²) in [4.78, 5) is 44.7. The van der Waals surface area contributed by atoms with E-state index in [4.69, 9.17) is 9.47 Å². The normalized spacial score (nSPS) is 18.4. The second kappa shape index (κ2) is 11.8. The topological polar surface area (TPSA) is 103 Å². The van der Waals surface area contributed by atoms with E-state index in [1.54, 1.807) is 18.2 Å². The molecule has 2 aliphatic rings. The van der Waals surface area contributed by atoms with Crippen molar-refractivity contribution in [2.75, 3.05) is 70.2 Å². The molecule has 0 bridgehead atoms. The van der Waals surface area contributed by atoms with Gasteiger partial charge in [-0.1, -0.05) is 18.2 Å². The number of piperazine rings is 2. The molecule has 2 aromatic rings. The first-order valence-electron chi connectivity index (χ1n) is 12.1. The monoisotopic (exact) mass is 495 g/mol. The predicted octanol–water partition coefficient (Wildman–Crippen LogP) is 1.18. The van der Waals surface area contributed by atoms with Crippen molar-refractivity contribution >= 4 is 29.1 Å². The number of benzene rings is 2. The highest BCUT2D eigenvalue weighted by atomic mass is 16.5. The lowest BCUT2D eigenvalue weighted by Crippen LogP contribution is -2.60. The molecule has 2 aliphatic heterocycles. The van der Waals surface area contributed by atoms with E-state index in [0.717, 1.165) is 26.2 Å². The zero-order valence-corrected chi connectivity index (χ0v) is 20.7. The second-order valence-corrected chi connectivity index (χ2v) is 8.81. The Labute approximate surface area is 211 Å². The first-order chi connectivity index (χ1) is 17.5. The Kier molecular flexibility index (Phi) is 8.27. The van der Waals surface area contributed by atoms with Crippen LogP contribution in [0.2, 0.25) is 0 Å². The summed E-state index contributed by atoms with van der Waals surface area (Å²) >= 11 is 0. The van der Waals surface area contributed by atoms with E-state index in [0.29, 0.717) is 30.3 Å². The number of carbonyl (C=O) groups is 3. The van der Waals surface area contributed by atoms with Gasteiger partial charge in [0.2, 0.25) is 17.7 Å². The Bertz CT molecular complexity index is 1070. The van der Waals surface area contributed by atoms with Crippen molar-refractivity contribution in [1.29, 1.82) is 0 Å². The molecular formula is C26H33N5O5. The van der Waals surface area contributed by atoms with Gasteiger partial charge in [0.1, 0.15) is 17.5 Å². The van der Waals surface area contributed by atoms with Crippen LogP contribution in [-0.4, -0.2) is 93.6 Å². The quantitative estimate of drug-likeness (QED) is 0.567. The fraction of sp³-hybridized carbons (Fsp3) is 0.423. The minimum Gasteiger partial charge on any atom is -0.497 e. The molecule has 4 rings (SSSR count). The second-order valence-electron chi connectivity index (χ2n) is 8.81. The lowest BCUT2D eigenvalue weighted by molar-refractivity contribution is -0.145. The number of para-hydroxylation sites is 1. The number of amides is 3. The molecule has 10 nitrogen and oxygen atoms in total. The lowest BCUT2D eigenvalue weighted by Gasteiger charge is -2.39. The lowest BCUT2D eigenvalue weighted by atomic mass is 10.1. The Morgan fingerprint density at radius 1 is 1.00 bits per heavy atom. The van der Waals surface area contributed by atoms with Crippen LogP contribution in [0.25, 0.3) is 0 Å². The molecule has 2 fully saturated rings. The Hall–Kier alpha value is -3.79. The smallest absolute Gasteiger partial charge is 0.243 e. The molecular weight excluding hydrogens is 462 g/mol. The van der Waals surface area contributed by atoms with E-state index >= 15 is 0 Å². The third-order valence-electron chi connectivity index (χ3n) is 6.56. The summed E-state index contributed by atoms with van der Waals surface area (Å²) in [5.74, 6) is 0.175. The first kappa shape index (κ1) is 25.3. The van der Waals surface area contributed by atoms with Gasteiger partial charge in [-0.2, -0.15) is 0 Å². The number of anilines is 2. The number of ether oxygens (including phenoxy) is 2. The molecule has 3 amide bonds. The van der Waals surface area contributed by atoms with Crippen molar-refractivity contribution in [1.82, 2.24) is 15.1 Å². The van der Waals surface area contributed by atoms with Crippen molar-refractivity contribution in [2.45, 2.75) is 12.5 Å². The van der Waals surface area contributed by atoms with Crippen molar-refractivity contribution in [3.05, 3.63) is 48.5 Å². The van der Waals surface area contributed by atoms with Crippen LogP contribution in [-0.2, 0) is 14.4 Å². The van der Waals surface area contributed by atoms with Gasteiger partial charge in [0.15, 0.2) is 0 Å². The summed E-state index contributed by atoms with van der Waals surface area (Å²) in [5, 5.41) is 5.56. The van der Waals surface area contributed by atoms with Crippen LogP contribution >= 0.6 is 0 Å². The third kappa shape index (κ3) is 6.06. The Balaban J connectivity index is 1.35. The number of rotatable bonds is 8. The number of nitrogens with zero attached hydrogens (tertiary/aromatic N) is 3. The summed E-state index contributed by atoms with van der Waals surface area (Å²) in [5.41, 5.74) is 1.61. The van der Waals surface area contributed by atoms with E-state index in [9.17, 15) is 14.4 Å². The molecule has 36 heavy (non-hydrogen) atoms. The van der Waals surface area contributed by atoms with Gasteiger partial charge in [0.05, 0.1) is 32.9 Å². The number of hydrogen-bond donors (Lipinski definition) is 2. The first-order valence-corrected chi connectivity index (χ1v) is 12.1. The average molecular weight is 496 g/mol. The van der Waals surface area contributed by atoms with Crippen molar-refractivity contribution < 1.29 is 23.9 Å². The third-order valence-corrected chi connectivity index (χ3v) is 6.56. The van der Waals surface area contributed by atoms with Crippen LogP contribution in [0.4, 0.5) is 11.4 Å².